The number of aryl methyl sites for hydroxylation is 1. The minimum Gasteiger partial charge on any atom is -0.508 e. The van der Waals surface area contributed by atoms with Crippen molar-refractivity contribution in [2.75, 3.05) is 38.2 Å². The number of phenolic OH excluding ortho intramolecular Hbond substituents is 1. The predicted molar refractivity (Wildman–Crippen MR) is 114 cm³/mol. The van der Waals surface area contributed by atoms with Crippen LogP contribution in [-0.4, -0.2) is 49.2 Å². The number of aromatic hydroxyl groups is 1. The quantitative estimate of drug-likeness (QED) is 0.669. The summed E-state index contributed by atoms with van der Waals surface area (Å²) in [5, 5.41) is 10.3. The lowest BCUT2D eigenvalue weighted by Gasteiger charge is -2.36. The SMILES string of the molecule is COc1ccccc1N1CCN(C(=O)Cc2c(C)c3ccc(O)cc3oc2=O)CC1. The average molecular weight is 408 g/mol. The molecule has 0 aliphatic carbocycles. The van der Waals surface area contributed by atoms with Crippen LogP contribution in [-0.2, 0) is 11.2 Å². The van der Waals surface area contributed by atoms with E-state index in [-0.39, 0.29) is 18.1 Å². The van der Waals surface area contributed by atoms with Crippen molar-refractivity contribution in [3.8, 4) is 11.5 Å². The second-order valence-corrected chi connectivity index (χ2v) is 7.39. The van der Waals surface area contributed by atoms with E-state index in [1.807, 2.05) is 24.3 Å². The maximum atomic E-state index is 12.9. The van der Waals surface area contributed by atoms with Crippen LogP contribution in [0.3, 0.4) is 0 Å². The van der Waals surface area contributed by atoms with E-state index in [0.29, 0.717) is 42.9 Å². The number of hydrogen-bond donors (Lipinski definition) is 1. The van der Waals surface area contributed by atoms with Gasteiger partial charge >= 0.3 is 5.63 Å². The van der Waals surface area contributed by atoms with Gasteiger partial charge in [-0.25, -0.2) is 4.79 Å². The minimum absolute atomic E-state index is 0.000356. The standard InChI is InChI=1S/C23H24N2O5/c1-15-17-8-7-16(26)13-21(17)30-23(28)18(15)14-22(27)25-11-9-24(10-12-25)19-5-3-4-6-20(19)29-2/h3-8,13,26H,9-12,14H2,1-2H3. The van der Waals surface area contributed by atoms with Gasteiger partial charge in [-0.15, -0.1) is 0 Å². The molecule has 2 aromatic carbocycles. The van der Waals surface area contributed by atoms with Crippen molar-refractivity contribution >= 4 is 22.6 Å². The van der Waals surface area contributed by atoms with Gasteiger partial charge < -0.3 is 24.1 Å². The molecule has 1 fully saturated rings. The van der Waals surface area contributed by atoms with Crippen molar-refractivity contribution in [1.29, 1.82) is 0 Å². The molecule has 0 spiro atoms. The molecule has 7 heteroatoms. The molecule has 0 bridgehead atoms. The van der Waals surface area contributed by atoms with Gasteiger partial charge in [-0.3, -0.25) is 4.79 Å². The minimum atomic E-state index is -0.536. The third-order valence-electron chi connectivity index (χ3n) is 5.66. The number of ether oxygens (including phenoxy) is 1. The van der Waals surface area contributed by atoms with Crippen molar-refractivity contribution in [2.45, 2.75) is 13.3 Å². The van der Waals surface area contributed by atoms with Gasteiger partial charge in [0.1, 0.15) is 17.1 Å². The smallest absolute Gasteiger partial charge is 0.340 e. The predicted octanol–water partition coefficient (Wildman–Crippen LogP) is 2.71. The van der Waals surface area contributed by atoms with Crippen LogP contribution >= 0.6 is 0 Å². The molecule has 1 aliphatic heterocycles. The number of rotatable bonds is 4. The summed E-state index contributed by atoms with van der Waals surface area (Å²) in [6.45, 7) is 4.33. The molecular formula is C23H24N2O5. The van der Waals surface area contributed by atoms with Crippen LogP contribution in [0.25, 0.3) is 11.0 Å². The molecule has 1 N–H and O–H groups in total. The van der Waals surface area contributed by atoms with E-state index in [9.17, 15) is 14.7 Å². The van der Waals surface area contributed by atoms with Gasteiger partial charge in [0.15, 0.2) is 0 Å². The number of hydrogen-bond acceptors (Lipinski definition) is 6. The molecule has 7 nitrogen and oxygen atoms in total. The summed E-state index contributed by atoms with van der Waals surface area (Å²) in [6.07, 6.45) is -0.000356. The number of amides is 1. The molecule has 1 amide bonds. The van der Waals surface area contributed by atoms with Gasteiger partial charge in [0.25, 0.3) is 0 Å². The fourth-order valence-electron chi connectivity index (χ4n) is 3.94. The zero-order chi connectivity index (χ0) is 21.3. The summed E-state index contributed by atoms with van der Waals surface area (Å²) < 4.78 is 10.8. The highest BCUT2D eigenvalue weighted by Gasteiger charge is 2.24. The Hall–Kier alpha value is -3.48. The Morgan fingerprint density at radius 1 is 1.13 bits per heavy atom. The first-order valence-corrected chi connectivity index (χ1v) is 9.89. The molecule has 1 aromatic heterocycles. The van der Waals surface area contributed by atoms with E-state index in [1.54, 1.807) is 25.0 Å². The molecule has 1 aliphatic rings. The highest BCUT2D eigenvalue weighted by molar-refractivity contribution is 5.85. The molecule has 30 heavy (non-hydrogen) atoms. The maximum absolute atomic E-state index is 12.9. The number of anilines is 1. The van der Waals surface area contributed by atoms with Gasteiger partial charge in [0.2, 0.25) is 5.91 Å². The van der Waals surface area contributed by atoms with E-state index in [2.05, 4.69) is 4.90 Å². The fourth-order valence-corrected chi connectivity index (χ4v) is 3.94. The Morgan fingerprint density at radius 3 is 2.60 bits per heavy atom. The number of piperazine rings is 1. The Bertz CT molecular complexity index is 1150. The molecular weight excluding hydrogens is 384 g/mol. The van der Waals surface area contributed by atoms with Crippen molar-refractivity contribution in [3.05, 3.63) is 64.0 Å². The third-order valence-corrected chi connectivity index (χ3v) is 5.66. The number of carbonyl (C=O) groups is 1. The van der Waals surface area contributed by atoms with Gasteiger partial charge in [0, 0.05) is 37.6 Å². The molecule has 0 atom stereocenters. The van der Waals surface area contributed by atoms with Crippen molar-refractivity contribution in [1.82, 2.24) is 4.90 Å². The first-order valence-electron chi connectivity index (χ1n) is 9.89. The highest BCUT2D eigenvalue weighted by atomic mass is 16.5. The van der Waals surface area contributed by atoms with Crippen LogP contribution in [0.4, 0.5) is 5.69 Å². The molecule has 1 saturated heterocycles. The lowest BCUT2D eigenvalue weighted by molar-refractivity contribution is -0.130. The van der Waals surface area contributed by atoms with E-state index < -0.39 is 5.63 Å². The van der Waals surface area contributed by atoms with Crippen LogP contribution < -0.4 is 15.3 Å². The number of fused-ring (bicyclic) bond motifs is 1. The molecule has 0 unspecified atom stereocenters. The summed E-state index contributed by atoms with van der Waals surface area (Å²) >= 11 is 0. The zero-order valence-electron chi connectivity index (χ0n) is 17.1. The Morgan fingerprint density at radius 2 is 1.87 bits per heavy atom. The number of benzene rings is 2. The first kappa shape index (κ1) is 19.8. The largest absolute Gasteiger partial charge is 0.508 e. The monoisotopic (exact) mass is 408 g/mol. The number of para-hydroxylation sites is 2. The summed E-state index contributed by atoms with van der Waals surface area (Å²) in [5.41, 5.74) is 1.87. The second-order valence-electron chi connectivity index (χ2n) is 7.39. The van der Waals surface area contributed by atoms with Gasteiger partial charge in [-0.1, -0.05) is 12.1 Å². The van der Waals surface area contributed by atoms with Crippen molar-refractivity contribution in [2.24, 2.45) is 0 Å². The Labute approximate surface area is 174 Å². The van der Waals surface area contributed by atoms with Crippen LogP contribution in [0, 0.1) is 6.92 Å². The summed E-state index contributed by atoms with van der Waals surface area (Å²) in [6, 6.07) is 12.5. The summed E-state index contributed by atoms with van der Waals surface area (Å²) in [4.78, 5) is 29.3. The van der Waals surface area contributed by atoms with Crippen molar-refractivity contribution < 1.29 is 19.1 Å². The second kappa shape index (κ2) is 8.10. The number of carbonyl (C=O) groups excluding carboxylic acids is 1. The Kier molecular flexibility index (Phi) is 5.35. The highest BCUT2D eigenvalue weighted by Crippen LogP contribution is 2.28. The van der Waals surface area contributed by atoms with E-state index in [4.69, 9.17) is 9.15 Å². The van der Waals surface area contributed by atoms with E-state index in [1.165, 1.54) is 12.1 Å². The average Bonchev–Trinajstić information content (AvgIpc) is 2.76. The summed E-state index contributed by atoms with van der Waals surface area (Å²) in [5.74, 6) is 0.748. The third kappa shape index (κ3) is 3.70. The van der Waals surface area contributed by atoms with Gasteiger partial charge in [0.05, 0.1) is 24.8 Å². The van der Waals surface area contributed by atoms with Gasteiger partial charge in [-0.05, 0) is 36.8 Å². The molecule has 0 radical (unpaired) electrons. The lowest BCUT2D eigenvalue weighted by atomic mass is 10.0. The van der Waals surface area contributed by atoms with Gasteiger partial charge in [-0.2, -0.15) is 0 Å². The van der Waals surface area contributed by atoms with Crippen LogP contribution in [0.5, 0.6) is 11.5 Å². The first-order chi connectivity index (χ1) is 14.5. The number of phenols is 1. The molecule has 4 rings (SSSR count). The number of methoxy groups -OCH3 is 1. The summed E-state index contributed by atoms with van der Waals surface area (Å²) in [7, 11) is 1.65. The fraction of sp³-hybridized carbons (Fsp3) is 0.304. The molecule has 156 valence electrons. The number of nitrogens with zero attached hydrogens (tertiary/aromatic N) is 2. The topological polar surface area (TPSA) is 83.2 Å². The zero-order valence-corrected chi connectivity index (χ0v) is 17.1. The molecule has 3 aromatic rings. The Balaban J connectivity index is 1.48. The van der Waals surface area contributed by atoms with Crippen LogP contribution in [0.2, 0.25) is 0 Å². The van der Waals surface area contributed by atoms with E-state index >= 15 is 0 Å². The van der Waals surface area contributed by atoms with Crippen LogP contribution in [0.15, 0.2) is 51.7 Å². The maximum Gasteiger partial charge on any atom is 0.340 e. The normalized spacial score (nSPS) is 14.2. The van der Waals surface area contributed by atoms with Crippen LogP contribution in [0.1, 0.15) is 11.1 Å². The molecule has 0 saturated carbocycles. The van der Waals surface area contributed by atoms with E-state index in [0.717, 1.165) is 16.8 Å². The van der Waals surface area contributed by atoms with Crippen molar-refractivity contribution in [3.63, 3.8) is 0 Å². The molecule has 2 heterocycles. The lowest BCUT2D eigenvalue weighted by Crippen LogP contribution is -2.49.